The van der Waals surface area contributed by atoms with Gasteiger partial charge in [-0.25, -0.2) is 9.97 Å². The van der Waals surface area contributed by atoms with Crippen molar-refractivity contribution in [1.29, 1.82) is 0 Å². The SMILES string of the molecule is Cc1nc(C[S@](=O)Cc2csc(Cc3ccccc3)n2)oc1C. The van der Waals surface area contributed by atoms with Crippen LogP contribution in [0.25, 0.3) is 0 Å². The van der Waals surface area contributed by atoms with Gasteiger partial charge < -0.3 is 4.42 Å². The van der Waals surface area contributed by atoms with Crippen LogP contribution >= 0.6 is 11.3 Å². The molecule has 23 heavy (non-hydrogen) atoms. The second-order valence-corrected chi connectivity index (χ2v) is 7.77. The van der Waals surface area contributed by atoms with E-state index in [1.807, 2.05) is 37.4 Å². The van der Waals surface area contributed by atoms with E-state index < -0.39 is 10.8 Å². The number of hydrogen-bond donors (Lipinski definition) is 0. The first-order valence-corrected chi connectivity index (χ1v) is 9.72. The fraction of sp³-hybridized carbons (Fsp3) is 0.294. The molecule has 0 unspecified atom stereocenters. The maximum absolute atomic E-state index is 12.2. The highest BCUT2D eigenvalue weighted by Crippen LogP contribution is 2.17. The number of rotatable bonds is 6. The first-order chi connectivity index (χ1) is 11.1. The van der Waals surface area contributed by atoms with E-state index in [9.17, 15) is 4.21 Å². The second-order valence-electron chi connectivity index (χ2n) is 5.37. The van der Waals surface area contributed by atoms with Gasteiger partial charge in [-0.2, -0.15) is 0 Å². The number of aryl methyl sites for hydroxylation is 2. The third-order valence-electron chi connectivity index (χ3n) is 3.46. The Labute approximate surface area is 142 Å². The first kappa shape index (κ1) is 16.1. The molecule has 3 aromatic rings. The Morgan fingerprint density at radius 3 is 2.61 bits per heavy atom. The van der Waals surface area contributed by atoms with E-state index in [-0.39, 0.29) is 0 Å². The van der Waals surface area contributed by atoms with Gasteiger partial charge in [-0.15, -0.1) is 11.3 Å². The van der Waals surface area contributed by atoms with Gasteiger partial charge in [0, 0.05) is 22.6 Å². The van der Waals surface area contributed by atoms with Crippen LogP contribution < -0.4 is 0 Å². The standard InChI is InChI=1S/C17H18N2O2S2/c1-12-13(2)21-16(18-12)11-23(20)10-15-9-22-17(19-15)8-14-6-4-3-5-7-14/h3-7,9H,8,10-11H2,1-2H3/t23-/m1/s1. The maximum atomic E-state index is 12.2. The molecule has 0 saturated carbocycles. The van der Waals surface area contributed by atoms with Crippen molar-refractivity contribution >= 4 is 22.1 Å². The predicted molar refractivity (Wildman–Crippen MR) is 92.9 cm³/mol. The third kappa shape index (κ3) is 4.36. The normalized spacial score (nSPS) is 12.4. The Kier molecular flexibility index (Phi) is 5.03. The molecule has 0 radical (unpaired) electrons. The first-order valence-electron chi connectivity index (χ1n) is 7.35. The average molecular weight is 346 g/mol. The molecule has 0 saturated heterocycles. The Bertz CT molecular complexity index is 790. The van der Waals surface area contributed by atoms with Crippen LogP contribution in [-0.2, 0) is 28.7 Å². The zero-order valence-corrected chi connectivity index (χ0v) is 14.7. The molecule has 6 heteroatoms. The van der Waals surface area contributed by atoms with Gasteiger partial charge in [0.25, 0.3) is 0 Å². The molecular weight excluding hydrogens is 328 g/mol. The van der Waals surface area contributed by atoms with Crippen molar-refractivity contribution in [3.8, 4) is 0 Å². The largest absolute Gasteiger partial charge is 0.445 e. The number of hydrogen-bond acceptors (Lipinski definition) is 5. The van der Waals surface area contributed by atoms with Crippen LogP contribution in [0, 0.1) is 13.8 Å². The summed E-state index contributed by atoms with van der Waals surface area (Å²) in [6.45, 7) is 3.76. The van der Waals surface area contributed by atoms with Gasteiger partial charge in [-0.05, 0) is 19.4 Å². The minimum Gasteiger partial charge on any atom is -0.445 e. The summed E-state index contributed by atoms with van der Waals surface area (Å²) in [4.78, 5) is 8.86. The van der Waals surface area contributed by atoms with Crippen molar-refractivity contribution in [2.75, 3.05) is 0 Å². The Balaban J connectivity index is 1.59. The van der Waals surface area contributed by atoms with Crippen LogP contribution in [0.5, 0.6) is 0 Å². The Morgan fingerprint density at radius 2 is 1.91 bits per heavy atom. The van der Waals surface area contributed by atoms with E-state index in [1.165, 1.54) is 5.56 Å². The Hall–Kier alpha value is -1.79. The van der Waals surface area contributed by atoms with Gasteiger partial charge in [0.1, 0.15) is 11.5 Å². The topological polar surface area (TPSA) is 56.0 Å². The van der Waals surface area contributed by atoms with Crippen molar-refractivity contribution < 1.29 is 8.63 Å². The van der Waals surface area contributed by atoms with Crippen LogP contribution in [0.15, 0.2) is 40.1 Å². The molecule has 1 aromatic carbocycles. The minimum absolute atomic E-state index is 0.334. The van der Waals surface area contributed by atoms with Crippen LogP contribution in [0.4, 0.5) is 0 Å². The van der Waals surface area contributed by atoms with E-state index in [4.69, 9.17) is 4.42 Å². The lowest BCUT2D eigenvalue weighted by molar-refractivity contribution is 0.487. The van der Waals surface area contributed by atoms with Gasteiger partial charge in [-0.1, -0.05) is 30.3 Å². The monoisotopic (exact) mass is 346 g/mol. The van der Waals surface area contributed by atoms with Gasteiger partial charge in [-0.3, -0.25) is 4.21 Å². The molecule has 2 heterocycles. The molecule has 2 aromatic heterocycles. The van der Waals surface area contributed by atoms with E-state index >= 15 is 0 Å². The molecule has 3 rings (SSSR count). The molecule has 4 nitrogen and oxygen atoms in total. The van der Waals surface area contributed by atoms with Gasteiger partial charge in [0.2, 0.25) is 5.89 Å². The van der Waals surface area contributed by atoms with Crippen molar-refractivity contribution in [3.05, 3.63) is 69.3 Å². The number of aromatic nitrogens is 2. The molecule has 0 bridgehead atoms. The summed E-state index contributed by atoms with van der Waals surface area (Å²) in [7, 11) is -1.06. The fourth-order valence-electron chi connectivity index (χ4n) is 2.22. The molecule has 0 aliphatic carbocycles. The molecule has 0 fully saturated rings. The predicted octanol–water partition coefficient (Wildman–Crippen LogP) is 3.79. The van der Waals surface area contributed by atoms with Crippen molar-refractivity contribution in [2.24, 2.45) is 0 Å². The molecule has 0 aliphatic rings. The smallest absolute Gasteiger partial charge is 0.207 e. The molecular formula is C17H18N2O2S2. The minimum atomic E-state index is -1.06. The quantitative estimate of drug-likeness (QED) is 0.681. The fourth-order valence-corrected chi connectivity index (χ4v) is 4.13. The lowest BCUT2D eigenvalue weighted by Gasteiger charge is -1.98. The highest BCUT2D eigenvalue weighted by atomic mass is 32.2. The summed E-state index contributed by atoms with van der Waals surface area (Å²) in [5, 5.41) is 3.04. The molecule has 0 aliphatic heterocycles. The Morgan fingerprint density at radius 1 is 1.13 bits per heavy atom. The van der Waals surface area contributed by atoms with Gasteiger partial charge >= 0.3 is 0 Å². The van der Waals surface area contributed by atoms with Crippen molar-refractivity contribution in [3.63, 3.8) is 0 Å². The molecule has 0 N–H and O–H groups in total. The van der Waals surface area contributed by atoms with E-state index in [2.05, 4.69) is 22.1 Å². The summed E-state index contributed by atoms with van der Waals surface area (Å²) < 4.78 is 17.7. The second kappa shape index (κ2) is 7.19. The number of oxazole rings is 1. The highest BCUT2D eigenvalue weighted by molar-refractivity contribution is 7.83. The number of benzene rings is 1. The zero-order chi connectivity index (χ0) is 16.2. The van der Waals surface area contributed by atoms with E-state index in [0.717, 1.165) is 28.6 Å². The number of nitrogens with zero attached hydrogens (tertiary/aromatic N) is 2. The summed E-state index contributed by atoms with van der Waals surface area (Å²) in [6, 6.07) is 10.2. The summed E-state index contributed by atoms with van der Waals surface area (Å²) in [6.07, 6.45) is 0.816. The molecule has 1 atom stereocenters. The van der Waals surface area contributed by atoms with E-state index in [0.29, 0.717) is 17.4 Å². The third-order valence-corrected chi connectivity index (χ3v) is 5.55. The maximum Gasteiger partial charge on any atom is 0.207 e. The average Bonchev–Trinajstić information content (AvgIpc) is 3.07. The summed E-state index contributed by atoms with van der Waals surface area (Å²) in [5.41, 5.74) is 2.97. The molecule has 120 valence electrons. The van der Waals surface area contributed by atoms with E-state index in [1.54, 1.807) is 11.3 Å². The van der Waals surface area contributed by atoms with Crippen LogP contribution in [-0.4, -0.2) is 14.2 Å². The van der Waals surface area contributed by atoms with Gasteiger partial charge in [0.05, 0.1) is 22.1 Å². The lowest BCUT2D eigenvalue weighted by atomic mass is 10.2. The summed E-state index contributed by atoms with van der Waals surface area (Å²) >= 11 is 1.61. The van der Waals surface area contributed by atoms with Crippen LogP contribution in [0.1, 0.15) is 33.6 Å². The molecule has 0 spiro atoms. The van der Waals surface area contributed by atoms with Crippen LogP contribution in [0.3, 0.4) is 0 Å². The van der Waals surface area contributed by atoms with Crippen LogP contribution in [0.2, 0.25) is 0 Å². The molecule has 0 amide bonds. The number of thiazole rings is 1. The highest BCUT2D eigenvalue weighted by Gasteiger charge is 2.12. The van der Waals surface area contributed by atoms with Crippen molar-refractivity contribution in [2.45, 2.75) is 31.8 Å². The lowest BCUT2D eigenvalue weighted by Crippen LogP contribution is -2.00. The zero-order valence-electron chi connectivity index (χ0n) is 13.1. The summed E-state index contributed by atoms with van der Waals surface area (Å²) in [5.74, 6) is 2.10. The van der Waals surface area contributed by atoms with Gasteiger partial charge in [0.15, 0.2) is 0 Å². The van der Waals surface area contributed by atoms with Crippen molar-refractivity contribution in [1.82, 2.24) is 9.97 Å².